The molecule has 2 rings (SSSR count). The predicted octanol–water partition coefficient (Wildman–Crippen LogP) is 2.31. The van der Waals surface area contributed by atoms with Crippen molar-refractivity contribution in [2.24, 2.45) is 0 Å². The molecule has 0 aromatic heterocycles. The molecule has 0 atom stereocenters. The smallest absolute Gasteiger partial charge is 0.220 e. The Labute approximate surface area is 129 Å². The van der Waals surface area contributed by atoms with Crippen LogP contribution < -0.4 is 5.32 Å². The minimum absolute atomic E-state index is 0.0905. The summed E-state index contributed by atoms with van der Waals surface area (Å²) in [6.07, 6.45) is 3.58. The fourth-order valence-electron chi connectivity index (χ4n) is 2.10. The van der Waals surface area contributed by atoms with Crippen LogP contribution in [0.1, 0.15) is 18.4 Å². The molecule has 0 bridgehead atoms. The number of hydrogen-bond donors (Lipinski definition) is 2. The minimum Gasteiger partial charge on any atom is -0.395 e. The van der Waals surface area contributed by atoms with Gasteiger partial charge in [0, 0.05) is 19.4 Å². The number of benzene rings is 2. The van der Waals surface area contributed by atoms with Gasteiger partial charge in [-0.1, -0.05) is 42.5 Å². The van der Waals surface area contributed by atoms with Crippen molar-refractivity contribution in [1.82, 2.24) is 5.32 Å². The van der Waals surface area contributed by atoms with E-state index in [-0.39, 0.29) is 37.7 Å². The number of ketones is 1. The Bertz CT molecular complexity index is 692. The fourth-order valence-corrected chi connectivity index (χ4v) is 2.10. The molecule has 0 unspecified atom stereocenters. The number of hydrogen-bond acceptors (Lipinski definition) is 3. The number of nitrogens with one attached hydrogen (secondary N) is 1. The predicted molar refractivity (Wildman–Crippen MR) is 87.3 cm³/mol. The molecule has 0 saturated heterocycles. The van der Waals surface area contributed by atoms with Gasteiger partial charge in [0.25, 0.3) is 0 Å². The molecule has 0 saturated carbocycles. The standard InChI is InChI=1S/C18H19NO3/c20-12-11-19-18(22)10-9-17(21)8-6-14-5-7-15-3-1-2-4-16(15)13-14/h1-8,13,20H,9-12H2,(H,19,22)/b8-6+. The van der Waals surface area contributed by atoms with Crippen molar-refractivity contribution in [2.45, 2.75) is 12.8 Å². The van der Waals surface area contributed by atoms with E-state index >= 15 is 0 Å². The molecule has 0 radical (unpaired) electrons. The first-order valence-corrected chi connectivity index (χ1v) is 7.26. The first kappa shape index (κ1) is 15.9. The van der Waals surface area contributed by atoms with E-state index in [9.17, 15) is 9.59 Å². The van der Waals surface area contributed by atoms with Crippen LogP contribution in [0.4, 0.5) is 0 Å². The number of aliphatic hydroxyl groups is 1. The minimum atomic E-state index is -0.221. The lowest BCUT2D eigenvalue weighted by molar-refractivity contribution is -0.123. The van der Waals surface area contributed by atoms with Gasteiger partial charge < -0.3 is 10.4 Å². The van der Waals surface area contributed by atoms with Crippen LogP contribution >= 0.6 is 0 Å². The summed E-state index contributed by atoms with van der Waals surface area (Å²) in [5, 5.41) is 13.4. The van der Waals surface area contributed by atoms with Crippen LogP contribution in [0.25, 0.3) is 16.8 Å². The number of amides is 1. The summed E-state index contributed by atoms with van der Waals surface area (Å²) in [4.78, 5) is 23.1. The van der Waals surface area contributed by atoms with Gasteiger partial charge in [-0.25, -0.2) is 0 Å². The summed E-state index contributed by atoms with van der Waals surface area (Å²) >= 11 is 0. The Morgan fingerprint density at radius 3 is 2.59 bits per heavy atom. The number of allylic oxidation sites excluding steroid dienone is 1. The summed E-state index contributed by atoms with van der Waals surface area (Å²) in [6, 6.07) is 14.0. The zero-order valence-electron chi connectivity index (χ0n) is 12.3. The molecule has 0 aliphatic carbocycles. The molecule has 0 aliphatic heterocycles. The first-order chi connectivity index (χ1) is 10.7. The first-order valence-electron chi connectivity index (χ1n) is 7.26. The third-order valence-electron chi connectivity index (χ3n) is 3.27. The molecule has 0 aliphatic rings. The number of carbonyl (C=O) groups excluding carboxylic acids is 2. The topological polar surface area (TPSA) is 66.4 Å². The second-order valence-electron chi connectivity index (χ2n) is 4.98. The van der Waals surface area contributed by atoms with Gasteiger partial charge in [0.1, 0.15) is 0 Å². The molecule has 4 heteroatoms. The van der Waals surface area contributed by atoms with E-state index in [0.29, 0.717) is 0 Å². The van der Waals surface area contributed by atoms with E-state index < -0.39 is 0 Å². The van der Waals surface area contributed by atoms with Crippen molar-refractivity contribution in [2.75, 3.05) is 13.2 Å². The third-order valence-corrected chi connectivity index (χ3v) is 3.27. The molecule has 2 aromatic rings. The van der Waals surface area contributed by atoms with Gasteiger partial charge in [0.2, 0.25) is 5.91 Å². The lowest BCUT2D eigenvalue weighted by Gasteiger charge is -2.01. The number of rotatable bonds is 7. The molecule has 114 valence electrons. The number of aliphatic hydroxyl groups excluding tert-OH is 1. The molecule has 1 amide bonds. The van der Waals surface area contributed by atoms with Gasteiger partial charge in [-0.2, -0.15) is 0 Å². The van der Waals surface area contributed by atoms with Crippen molar-refractivity contribution in [3.63, 3.8) is 0 Å². The maximum absolute atomic E-state index is 11.7. The van der Waals surface area contributed by atoms with E-state index in [1.54, 1.807) is 6.08 Å². The average Bonchev–Trinajstić information content (AvgIpc) is 2.56. The Morgan fingerprint density at radius 2 is 1.82 bits per heavy atom. The Morgan fingerprint density at radius 1 is 1.05 bits per heavy atom. The second kappa shape index (κ2) is 8.10. The van der Waals surface area contributed by atoms with Crippen LogP contribution in [0, 0.1) is 0 Å². The van der Waals surface area contributed by atoms with Crippen molar-refractivity contribution in [3.8, 4) is 0 Å². The molecule has 22 heavy (non-hydrogen) atoms. The quantitative estimate of drug-likeness (QED) is 0.771. The molecule has 2 N–H and O–H groups in total. The average molecular weight is 297 g/mol. The Hall–Kier alpha value is -2.46. The monoisotopic (exact) mass is 297 g/mol. The Kier molecular flexibility index (Phi) is 5.86. The van der Waals surface area contributed by atoms with Crippen LogP contribution in [-0.4, -0.2) is 29.9 Å². The molecule has 0 fully saturated rings. The summed E-state index contributed by atoms with van der Waals surface area (Å²) in [6.45, 7) is 0.126. The van der Waals surface area contributed by atoms with Crippen molar-refractivity contribution >= 4 is 28.5 Å². The zero-order valence-corrected chi connectivity index (χ0v) is 12.3. The molecule has 2 aromatic carbocycles. The number of carbonyl (C=O) groups is 2. The van der Waals surface area contributed by atoms with Gasteiger partial charge in [-0.3, -0.25) is 9.59 Å². The molecular formula is C18H19NO3. The number of fused-ring (bicyclic) bond motifs is 1. The summed E-state index contributed by atoms with van der Waals surface area (Å²) in [5.41, 5.74) is 0.955. The Balaban J connectivity index is 1.89. The summed E-state index contributed by atoms with van der Waals surface area (Å²) in [7, 11) is 0. The van der Waals surface area contributed by atoms with Crippen LogP contribution in [0.15, 0.2) is 48.5 Å². The SMILES string of the molecule is O=C(/C=C/c1ccc2ccccc2c1)CCC(=O)NCCO. The van der Waals surface area contributed by atoms with Gasteiger partial charge in [0.15, 0.2) is 5.78 Å². The largest absolute Gasteiger partial charge is 0.395 e. The van der Waals surface area contributed by atoms with Crippen molar-refractivity contribution in [1.29, 1.82) is 0 Å². The lowest BCUT2D eigenvalue weighted by atomic mass is 10.1. The van der Waals surface area contributed by atoms with Crippen LogP contribution in [0.5, 0.6) is 0 Å². The van der Waals surface area contributed by atoms with Gasteiger partial charge in [-0.05, 0) is 28.5 Å². The third kappa shape index (κ3) is 4.82. The summed E-state index contributed by atoms with van der Waals surface area (Å²) in [5.74, 6) is -0.311. The fraction of sp³-hybridized carbons (Fsp3) is 0.222. The van der Waals surface area contributed by atoms with Crippen LogP contribution in [0.2, 0.25) is 0 Å². The summed E-state index contributed by atoms with van der Waals surface area (Å²) < 4.78 is 0. The van der Waals surface area contributed by atoms with Crippen LogP contribution in [-0.2, 0) is 9.59 Å². The van der Waals surface area contributed by atoms with Crippen molar-refractivity contribution in [3.05, 3.63) is 54.1 Å². The zero-order chi connectivity index (χ0) is 15.8. The van der Waals surface area contributed by atoms with E-state index in [1.807, 2.05) is 42.5 Å². The van der Waals surface area contributed by atoms with Gasteiger partial charge in [-0.15, -0.1) is 0 Å². The van der Waals surface area contributed by atoms with E-state index in [1.165, 1.54) is 6.08 Å². The normalized spacial score (nSPS) is 11.0. The molecular weight excluding hydrogens is 278 g/mol. The molecule has 0 spiro atoms. The highest BCUT2D eigenvalue weighted by atomic mass is 16.3. The highest BCUT2D eigenvalue weighted by Gasteiger charge is 2.03. The highest BCUT2D eigenvalue weighted by molar-refractivity contribution is 5.96. The highest BCUT2D eigenvalue weighted by Crippen LogP contribution is 2.16. The van der Waals surface area contributed by atoms with Gasteiger partial charge >= 0.3 is 0 Å². The van der Waals surface area contributed by atoms with Crippen molar-refractivity contribution < 1.29 is 14.7 Å². The maximum Gasteiger partial charge on any atom is 0.220 e. The maximum atomic E-state index is 11.7. The second-order valence-corrected chi connectivity index (χ2v) is 4.98. The molecule has 0 heterocycles. The van der Waals surface area contributed by atoms with E-state index in [4.69, 9.17) is 5.11 Å². The van der Waals surface area contributed by atoms with E-state index in [2.05, 4.69) is 5.32 Å². The van der Waals surface area contributed by atoms with Gasteiger partial charge in [0.05, 0.1) is 6.61 Å². The lowest BCUT2D eigenvalue weighted by Crippen LogP contribution is -2.26. The van der Waals surface area contributed by atoms with Crippen LogP contribution in [0.3, 0.4) is 0 Å². The molecule has 4 nitrogen and oxygen atoms in total. The van der Waals surface area contributed by atoms with E-state index in [0.717, 1.165) is 16.3 Å².